The van der Waals surface area contributed by atoms with E-state index in [2.05, 4.69) is 20.9 Å². The third-order valence-corrected chi connectivity index (χ3v) is 8.21. The van der Waals surface area contributed by atoms with Crippen LogP contribution in [0.5, 0.6) is 5.75 Å². The SMILES string of the molecule is NC(=O)C1(OC(=O)C2CCC2)CCC(CCN2CCN(c3nccc4c3OCC4)CC2)CC1. The lowest BCUT2D eigenvalue weighted by Crippen LogP contribution is -2.51. The zero-order valence-corrected chi connectivity index (χ0v) is 19.5. The summed E-state index contributed by atoms with van der Waals surface area (Å²) in [5, 5.41) is 0. The predicted octanol–water partition coefficient (Wildman–Crippen LogP) is 2.29. The smallest absolute Gasteiger partial charge is 0.309 e. The van der Waals surface area contributed by atoms with Gasteiger partial charge in [-0.05, 0) is 63.5 Å². The van der Waals surface area contributed by atoms with Crippen LogP contribution in [0.2, 0.25) is 0 Å². The molecule has 2 aliphatic carbocycles. The van der Waals surface area contributed by atoms with E-state index in [4.69, 9.17) is 15.2 Å². The first-order valence-corrected chi connectivity index (χ1v) is 12.6. The Balaban J connectivity index is 1.07. The molecule has 4 aliphatic rings. The molecule has 1 amide bonds. The average Bonchev–Trinajstić information content (AvgIpc) is 3.27. The number of carbonyl (C=O) groups is 2. The van der Waals surface area contributed by atoms with Crippen LogP contribution in [0.3, 0.4) is 0 Å². The molecule has 33 heavy (non-hydrogen) atoms. The largest absolute Gasteiger partial charge is 0.489 e. The summed E-state index contributed by atoms with van der Waals surface area (Å²) in [5.41, 5.74) is 5.88. The van der Waals surface area contributed by atoms with E-state index in [1.54, 1.807) is 0 Å². The number of nitrogens with zero attached hydrogens (tertiary/aromatic N) is 3. The van der Waals surface area contributed by atoms with Gasteiger partial charge in [0.15, 0.2) is 17.2 Å². The van der Waals surface area contributed by atoms with Crippen molar-refractivity contribution in [1.29, 1.82) is 0 Å². The van der Waals surface area contributed by atoms with Crippen molar-refractivity contribution in [2.75, 3.05) is 44.2 Å². The second-order valence-corrected chi connectivity index (χ2v) is 10.2. The molecule has 1 saturated heterocycles. The molecule has 5 rings (SSSR count). The van der Waals surface area contributed by atoms with Gasteiger partial charge < -0.3 is 20.1 Å². The molecule has 180 valence electrons. The fraction of sp³-hybridized carbons (Fsp3) is 0.720. The van der Waals surface area contributed by atoms with Crippen LogP contribution < -0.4 is 15.4 Å². The monoisotopic (exact) mass is 456 g/mol. The number of piperazine rings is 1. The van der Waals surface area contributed by atoms with Gasteiger partial charge in [0.05, 0.1) is 12.5 Å². The summed E-state index contributed by atoms with van der Waals surface area (Å²) in [4.78, 5) is 34.0. The van der Waals surface area contributed by atoms with Gasteiger partial charge in [-0.3, -0.25) is 14.5 Å². The molecule has 0 aromatic carbocycles. The number of hydrogen-bond donors (Lipinski definition) is 1. The van der Waals surface area contributed by atoms with Gasteiger partial charge in [-0.25, -0.2) is 4.98 Å². The summed E-state index contributed by atoms with van der Waals surface area (Å²) in [7, 11) is 0. The summed E-state index contributed by atoms with van der Waals surface area (Å²) in [6, 6.07) is 2.06. The Morgan fingerprint density at radius 2 is 1.91 bits per heavy atom. The third-order valence-electron chi connectivity index (χ3n) is 8.21. The number of amides is 1. The lowest BCUT2D eigenvalue weighted by molar-refractivity contribution is -0.178. The van der Waals surface area contributed by atoms with Gasteiger partial charge in [-0.1, -0.05) is 6.42 Å². The molecule has 3 heterocycles. The molecule has 1 aromatic rings. The lowest BCUT2D eigenvalue weighted by Gasteiger charge is -2.40. The number of aromatic nitrogens is 1. The molecule has 2 saturated carbocycles. The maximum absolute atomic E-state index is 12.4. The molecule has 0 bridgehead atoms. The molecular weight excluding hydrogens is 420 g/mol. The second-order valence-electron chi connectivity index (χ2n) is 10.2. The lowest BCUT2D eigenvalue weighted by atomic mass is 9.76. The summed E-state index contributed by atoms with van der Waals surface area (Å²) < 4.78 is 11.6. The van der Waals surface area contributed by atoms with Crippen LogP contribution in [0.1, 0.15) is 56.9 Å². The van der Waals surface area contributed by atoms with Gasteiger partial charge >= 0.3 is 5.97 Å². The van der Waals surface area contributed by atoms with E-state index in [0.717, 1.165) is 95.8 Å². The quantitative estimate of drug-likeness (QED) is 0.629. The molecule has 2 N–H and O–H groups in total. The van der Waals surface area contributed by atoms with Crippen LogP contribution in [-0.2, 0) is 20.7 Å². The molecule has 0 spiro atoms. The zero-order chi connectivity index (χ0) is 22.8. The first-order valence-electron chi connectivity index (χ1n) is 12.6. The van der Waals surface area contributed by atoms with Crippen LogP contribution >= 0.6 is 0 Å². The zero-order valence-electron chi connectivity index (χ0n) is 19.5. The molecule has 0 atom stereocenters. The van der Waals surface area contributed by atoms with Crippen molar-refractivity contribution in [2.24, 2.45) is 17.6 Å². The van der Waals surface area contributed by atoms with Crippen molar-refractivity contribution >= 4 is 17.7 Å². The van der Waals surface area contributed by atoms with E-state index in [9.17, 15) is 9.59 Å². The van der Waals surface area contributed by atoms with E-state index >= 15 is 0 Å². The highest BCUT2D eigenvalue weighted by Crippen LogP contribution is 2.39. The summed E-state index contributed by atoms with van der Waals surface area (Å²) in [6.07, 6.45) is 9.69. The van der Waals surface area contributed by atoms with Gasteiger partial charge in [0, 0.05) is 44.4 Å². The van der Waals surface area contributed by atoms with Crippen LogP contribution in [0.4, 0.5) is 5.82 Å². The Morgan fingerprint density at radius 3 is 2.58 bits per heavy atom. The average molecular weight is 457 g/mol. The van der Waals surface area contributed by atoms with Gasteiger partial charge in [-0.15, -0.1) is 0 Å². The summed E-state index contributed by atoms with van der Waals surface area (Å²) >= 11 is 0. The van der Waals surface area contributed by atoms with Crippen molar-refractivity contribution in [1.82, 2.24) is 9.88 Å². The number of ether oxygens (including phenoxy) is 2. The standard InChI is InChI=1S/C25H36N4O4/c26-24(31)25(33-23(30)20-2-1-3-20)9-4-18(5-10-25)7-12-28-13-15-29(16-14-28)22-21-19(6-11-27-22)8-17-32-21/h6,11,18,20H,1-5,7-10,12-17H2,(H2,26,31). The molecule has 0 unspecified atom stereocenters. The Hall–Kier alpha value is -2.35. The topological polar surface area (TPSA) is 98.0 Å². The molecule has 8 nitrogen and oxygen atoms in total. The minimum Gasteiger partial charge on any atom is -0.489 e. The van der Waals surface area contributed by atoms with Crippen molar-refractivity contribution in [3.05, 3.63) is 17.8 Å². The van der Waals surface area contributed by atoms with Crippen LogP contribution in [-0.4, -0.2) is 66.7 Å². The van der Waals surface area contributed by atoms with Gasteiger partial charge in [-0.2, -0.15) is 0 Å². The van der Waals surface area contributed by atoms with E-state index in [0.29, 0.717) is 18.8 Å². The summed E-state index contributed by atoms with van der Waals surface area (Å²) in [5.74, 6) is 1.79. The van der Waals surface area contributed by atoms with Crippen molar-refractivity contribution in [3.63, 3.8) is 0 Å². The normalized spacial score (nSPS) is 28.0. The minimum atomic E-state index is -1.08. The molecule has 1 aromatic heterocycles. The highest BCUT2D eigenvalue weighted by Gasteiger charge is 2.45. The fourth-order valence-electron chi connectivity index (χ4n) is 5.62. The van der Waals surface area contributed by atoms with Gasteiger partial charge in [0.25, 0.3) is 5.91 Å². The number of carbonyl (C=O) groups excluding carboxylic acids is 2. The number of hydrogen-bond acceptors (Lipinski definition) is 7. The minimum absolute atomic E-state index is 0.0312. The number of rotatable bonds is 7. The maximum atomic E-state index is 12.4. The van der Waals surface area contributed by atoms with Crippen molar-refractivity contribution < 1.29 is 19.1 Å². The maximum Gasteiger partial charge on any atom is 0.309 e. The van der Waals surface area contributed by atoms with E-state index in [-0.39, 0.29) is 11.9 Å². The van der Waals surface area contributed by atoms with Crippen LogP contribution in [0.15, 0.2) is 12.3 Å². The third kappa shape index (κ3) is 4.67. The van der Waals surface area contributed by atoms with E-state index < -0.39 is 11.5 Å². The van der Waals surface area contributed by atoms with Crippen molar-refractivity contribution in [2.45, 2.75) is 63.4 Å². The Labute approximate surface area is 195 Å². The Bertz CT molecular complexity index is 871. The number of esters is 1. The summed E-state index contributed by atoms with van der Waals surface area (Å²) in [6.45, 7) is 5.76. The van der Waals surface area contributed by atoms with Gasteiger partial charge in [0.2, 0.25) is 0 Å². The number of pyridine rings is 1. The molecule has 8 heteroatoms. The second kappa shape index (κ2) is 9.49. The molecule has 3 fully saturated rings. The number of primary amides is 1. The predicted molar refractivity (Wildman–Crippen MR) is 124 cm³/mol. The van der Waals surface area contributed by atoms with Crippen LogP contribution in [0, 0.1) is 11.8 Å². The number of nitrogens with two attached hydrogens (primary N) is 1. The number of anilines is 1. The van der Waals surface area contributed by atoms with E-state index in [1.807, 2.05) is 6.20 Å². The Kier molecular flexibility index (Phi) is 6.45. The Morgan fingerprint density at radius 1 is 1.15 bits per heavy atom. The molecule has 0 radical (unpaired) electrons. The molecule has 2 aliphatic heterocycles. The fourth-order valence-corrected chi connectivity index (χ4v) is 5.62. The van der Waals surface area contributed by atoms with Crippen molar-refractivity contribution in [3.8, 4) is 5.75 Å². The first-order chi connectivity index (χ1) is 16.0. The number of fused-ring (bicyclic) bond motifs is 1. The highest BCUT2D eigenvalue weighted by atomic mass is 16.6. The van der Waals surface area contributed by atoms with E-state index in [1.165, 1.54) is 5.56 Å². The van der Waals surface area contributed by atoms with Crippen LogP contribution in [0.25, 0.3) is 0 Å². The molecular formula is C25H36N4O4. The highest BCUT2D eigenvalue weighted by molar-refractivity contribution is 5.87. The first kappa shape index (κ1) is 22.4. The van der Waals surface area contributed by atoms with Gasteiger partial charge in [0.1, 0.15) is 0 Å².